The molecule has 1 aromatic rings. The number of likely N-dealkylation sites (tertiary alicyclic amines) is 1. The molecule has 23 heavy (non-hydrogen) atoms. The third kappa shape index (κ3) is 4.61. The van der Waals surface area contributed by atoms with E-state index in [2.05, 4.69) is 5.32 Å². The second kappa shape index (κ2) is 8.02. The van der Waals surface area contributed by atoms with Gasteiger partial charge in [-0.15, -0.1) is 0 Å². The summed E-state index contributed by atoms with van der Waals surface area (Å²) in [5, 5.41) is 3.95. The van der Waals surface area contributed by atoms with Crippen molar-refractivity contribution in [3.05, 3.63) is 27.7 Å². The first kappa shape index (κ1) is 18.1. The Morgan fingerprint density at radius 3 is 2.30 bits per heavy atom. The topological polar surface area (TPSA) is 49.4 Å². The molecule has 4 nitrogen and oxygen atoms in total. The van der Waals surface area contributed by atoms with E-state index in [0.717, 1.165) is 12.0 Å². The van der Waals surface area contributed by atoms with Crippen molar-refractivity contribution >= 4 is 40.7 Å². The second-order valence-corrected chi connectivity index (χ2v) is 6.77. The predicted molar refractivity (Wildman–Crippen MR) is 94.0 cm³/mol. The summed E-state index contributed by atoms with van der Waals surface area (Å²) >= 11 is 12.2. The van der Waals surface area contributed by atoms with Gasteiger partial charge in [0.2, 0.25) is 11.8 Å². The van der Waals surface area contributed by atoms with Gasteiger partial charge in [-0.25, -0.2) is 0 Å². The molecule has 0 bridgehead atoms. The predicted octanol–water partition coefficient (Wildman–Crippen LogP) is 4.28. The maximum Gasteiger partial charge on any atom is 0.227 e. The van der Waals surface area contributed by atoms with E-state index < -0.39 is 0 Å². The average molecular weight is 357 g/mol. The lowest BCUT2D eigenvalue weighted by atomic mass is 9.95. The number of piperidine rings is 1. The fraction of sp³-hybridized carbons (Fsp3) is 0.529. The Hall–Kier alpha value is -1.26. The zero-order chi connectivity index (χ0) is 17.0. The quantitative estimate of drug-likeness (QED) is 0.874. The van der Waals surface area contributed by atoms with E-state index in [0.29, 0.717) is 48.1 Å². The summed E-state index contributed by atoms with van der Waals surface area (Å²) in [4.78, 5) is 26.1. The lowest BCUT2D eigenvalue weighted by Crippen LogP contribution is -2.41. The minimum atomic E-state index is -0.0838. The van der Waals surface area contributed by atoms with Crippen LogP contribution < -0.4 is 5.32 Å². The van der Waals surface area contributed by atoms with Gasteiger partial charge in [0.25, 0.3) is 0 Å². The fourth-order valence-corrected chi connectivity index (χ4v) is 3.21. The molecule has 0 spiro atoms. The highest BCUT2D eigenvalue weighted by molar-refractivity contribution is 6.36. The van der Waals surface area contributed by atoms with Crippen LogP contribution in [0.4, 0.5) is 5.69 Å². The molecule has 0 radical (unpaired) electrons. The van der Waals surface area contributed by atoms with E-state index in [1.165, 1.54) is 0 Å². The molecular weight excluding hydrogens is 335 g/mol. The standard InChI is InChI=1S/C17H22Cl2N2O2/c1-3-4-16(22)21-7-5-12(6-8-21)17(23)20-13-9-14(18)11(2)15(19)10-13/h9-10,12H,3-8H2,1-2H3,(H,20,23). The van der Waals surface area contributed by atoms with E-state index >= 15 is 0 Å². The first-order valence-corrected chi connectivity index (χ1v) is 8.72. The van der Waals surface area contributed by atoms with Gasteiger partial charge in [0, 0.05) is 41.2 Å². The number of nitrogens with one attached hydrogen (secondary N) is 1. The van der Waals surface area contributed by atoms with Gasteiger partial charge in [0.1, 0.15) is 0 Å². The molecule has 126 valence electrons. The SMILES string of the molecule is CCCC(=O)N1CCC(C(=O)Nc2cc(Cl)c(C)c(Cl)c2)CC1. The molecule has 1 fully saturated rings. The highest BCUT2D eigenvalue weighted by Crippen LogP contribution is 2.29. The van der Waals surface area contributed by atoms with E-state index in [-0.39, 0.29) is 17.7 Å². The Morgan fingerprint density at radius 1 is 1.22 bits per heavy atom. The fourth-order valence-electron chi connectivity index (χ4n) is 2.72. The van der Waals surface area contributed by atoms with Crippen LogP contribution in [0.15, 0.2) is 12.1 Å². The monoisotopic (exact) mass is 356 g/mol. The number of carbonyl (C=O) groups is 2. The highest BCUT2D eigenvalue weighted by atomic mass is 35.5. The summed E-state index contributed by atoms with van der Waals surface area (Å²) < 4.78 is 0. The van der Waals surface area contributed by atoms with Crippen LogP contribution in [0, 0.1) is 12.8 Å². The Kier molecular flexibility index (Phi) is 6.31. The normalized spacial score (nSPS) is 15.6. The molecule has 1 aromatic carbocycles. The van der Waals surface area contributed by atoms with Crippen molar-refractivity contribution in [2.45, 2.75) is 39.5 Å². The van der Waals surface area contributed by atoms with Gasteiger partial charge in [0.15, 0.2) is 0 Å². The molecule has 1 aliphatic rings. The van der Waals surface area contributed by atoms with Crippen LogP contribution in [0.1, 0.15) is 38.2 Å². The number of rotatable bonds is 4. The number of hydrogen-bond acceptors (Lipinski definition) is 2. The zero-order valence-corrected chi connectivity index (χ0v) is 15.0. The smallest absolute Gasteiger partial charge is 0.227 e. The largest absolute Gasteiger partial charge is 0.343 e. The molecule has 0 aliphatic carbocycles. The zero-order valence-electron chi connectivity index (χ0n) is 13.5. The average Bonchev–Trinajstić information content (AvgIpc) is 2.53. The van der Waals surface area contributed by atoms with Crippen molar-refractivity contribution < 1.29 is 9.59 Å². The molecule has 6 heteroatoms. The number of benzene rings is 1. The maximum atomic E-state index is 12.4. The van der Waals surface area contributed by atoms with Gasteiger partial charge in [-0.1, -0.05) is 30.1 Å². The number of nitrogens with zero attached hydrogens (tertiary/aromatic N) is 1. The van der Waals surface area contributed by atoms with Crippen molar-refractivity contribution in [1.29, 1.82) is 0 Å². The van der Waals surface area contributed by atoms with Crippen LogP contribution in [0.2, 0.25) is 10.0 Å². The Bertz CT molecular complexity index is 573. The Morgan fingerprint density at radius 2 is 1.78 bits per heavy atom. The van der Waals surface area contributed by atoms with Crippen LogP contribution >= 0.6 is 23.2 Å². The Balaban J connectivity index is 1.92. The van der Waals surface area contributed by atoms with E-state index in [9.17, 15) is 9.59 Å². The van der Waals surface area contributed by atoms with Gasteiger partial charge in [-0.3, -0.25) is 9.59 Å². The summed E-state index contributed by atoms with van der Waals surface area (Å²) in [5.41, 5.74) is 1.41. The first-order valence-electron chi connectivity index (χ1n) is 7.96. The third-order valence-corrected chi connectivity index (χ3v) is 5.02. The number of hydrogen-bond donors (Lipinski definition) is 1. The first-order chi connectivity index (χ1) is 10.9. The summed E-state index contributed by atoms with van der Waals surface area (Å²) in [7, 11) is 0. The van der Waals surface area contributed by atoms with Gasteiger partial charge in [-0.05, 0) is 43.9 Å². The molecule has 0 saturated carbocycles. The van der Waals surface area contributed by atoms with Crippen molar-refractivity contribution in [3.63, 3.8) is 0 Å². The molecule has 0 unspecified atom stereocenters. The maximum absolute atomic E-state index is 12.4. The minimum absolute atomic E-state index is 0.0384. The molecule has 1 aliphatic heterocycles. The molecule has 2 rings (SSSR count). The van der Waals surface area contributed by atoms with Gasteiger partial charge < -0.3 is 10.2 Å². The van der Waals surface area contributed by atoms with E-state index in [1.807, 2.05) is 18.7 Å². The van der Waals surface area contributed by atoms with Crippen LogP contribution in [0.25, 0.3) is 0 Å². The van der Waals surface area contributed by atoms with Crippen LogP contribution in [0.3, 0.4) is 0 Å². The molecular formula is C17H22Cl2N2O2. The lowest BCUT2D eigenvalue weighted by Gasteiger charge is -2.31. The van der Waals surface area contributed by atoms with Gasteiger partial charge in [0.05, 0.1) is 0 Å². The summed E-state index contributed by atoms with van der Waals surface area (Å²) in [6.45, 7) is 5.12. The van der Waals surface area contributed by atoms with E-state index in [4.69, 9.17) is 23.2 Å². The van der Waals surface area contributed by atoms with Gasteiger partial charge >= 0.3 is 0 Å². The number of anilines is 1. The van der Waals surface area contributed by atoms with E-state index in [1.54, 1.807) is 12.1 Å². The molecule has 0 aromatic heterocycles. The molecule has 0 atom stereocenters. The second-order valence-electron chi connectivity index (χ2n) is 5.96. The van der Waals surface area contributed by atoms with Crippen molar-refractivity contribution in [2.24, 2.45) is 5.92 Å². The van der Waals surface area contributed by atoms with Crippen LogP contribution in [0.5, 0.6) is 0 Å². The lowest BCUT2D eigenvalue weighted by molar-refractivity contribution is -0.134. The Labute approximate surface area is 147 Å². The summed E-state index contributed by atoms with van der Waals surface area (Å²) in [6.07, 6.45) is 2.81. The highest BCUT2D eigenvalue weighted by Gasteiger charge is 2.27. The molecule has 1 saturated heterocycles. The van der Waals surface area contributed by atoms with Crippen molar-refractivity contribution in [1.82, 2.24) is 4.90 Å². The van der Waals surface area contributed by atoms with Crippen molar-refractivity contribution in [2.75, 3.05) is 18.4 Å². The number of amides is 2. The number of halogens is 2. The van der Waals surface area contributed by atoms with Crippen LogP contribution in [-0.4, -0.2) is 29.8 Å². The third-order valence-electron chi connectivity index (χ3n) is 4.23. The summed E-state index contributed by atoms with van der Waals surface area (Å²) in [6, 6.07) is 3.42. The number of carbonyl (C=O) groups excluding carboxylic acids is 2. The van der Waals surface area contributed by atoms with Crippen LogP contribution in [-0.2, 0) is 9.59 Å². The van der Waals surface area contributed by atoms with Gasteiger partial charge in [-0.2, -0.15) is 0 Å². The van der Waals surface area contributed by atoms with Crippen molar-refractivity contribution in [3.8, 4) is 0 Å². The summed E-state index contributed by atoms with van der Waals surface area (Å²) in [5.74, 6) is 0.0616. The minimum Gasteiger partial charge on any atom is -0.343 e. The molecule has 2 amide bonds. The molecule has 1 heterocycles. The molecule has 1 N–H and O–H groups in total.